The van der Waals surface area contributed by atoms with E-state index in [1.54, 1.807) is 0 Å². The van der Waals surface area contributed by atoms with Crippen molar-refractivity contribution < 1.29 is 0 Å². The lowest BCUT2D eigenvalue weighted by Crippen LogP contribution is -2.06. The Bertz CT molecular complexity index is 3410. The number of thiophene rings is 1. The minimum atomic E-state index is 0.590. The fourth-order valence-electron chi connectivity index (χ4n) is 8.67. The summed E-state index contributed by atoms with van der Waals surface area (Å²) in [5, 5.41) is 9.82. The van der Waals surface area contributed by atoms with Crippen molar-refractivity contribution in [2.45, 2.75) is 0 Å². The van der Waals surface area contributed by atoms with Crippen molar-refractivity contribution in [3.05, 3.63) is 176 Å². The van der Waals surface area contributed by atoms with Crippen molar-refractivity contribution >= 4 is 85.9 Å². The van der Waals surface area contributed by atoms with E-state index in [1.807, 2.05) is 47.7 Å². The Hall–Kier alpha value is -7.15. The molecule has 0 N–H and O–H groups in total. The summed E-state index contributed by atoms with van der Waals surface area (Å²) in [5.41, 5.74) is 7.53. The van der Waals surface area contributed by atoms with Gasteiger partial charge in [0, 0.05) is 69.3 Å². The number of aromatic nitrogens is 5. The van der Waals surface area contributed by atoms with Crippen LogP contribution in [0.5, 0.6) is 0 Å². The van der Waals surface area contributed by atoms with Gasteiger partial charge in [-0.25, -0.2) is 4.98 Å². The molecule has 12 aromatic rings. The van der Waals surface area contributed by atoms with Crippen LogP contribution in [0.15, 0.2) is 176 Å². The van der Waals surface area contributed by atoms with Gasteiger partial charge >= 0.3 is 0 Å². The molecule has 0 saturated carbocycles. The molecule has 0 aliphatic rings. The molecule has 256 valence electrons. The first kappa shape index (κ1) is 30.3. The maximum atomic E-state index is 5.30. The Morgan fingerprint density at radius 2 is 0.909 bits per heavy atom. The summed E-state index contributed by atoms with van der Waals surface area (Å²) in [7, 11) is 0. The molecule has 0 spiro atoms. The minimum Gasteiger partial charge on any atom is -0.309 e. The molecule has 0 fully saturated rings. The number of nitrogens with zero attached hydrogens (tertiary/aromatic N) is 5. The van der Waals surface area contributed by atoms with Crippen LogP contribution in [0.1, 0.15) is 0 Å². The van der Waals surface area contributed by atoms with Gasteiger partial charge in [-0.05, 0) is 36.4 Å². The molecule has 5 nitrogen and oxygen atoms in total. The van der Waals surface area contributed by atoms with Gasteiger partial charge in [-0.2, -0.15) is 9.97 Å². The summed E-state index contributed by atoms with van der Waals surface area (Å²) >= 11 is 1.87. The number of hydrogen-bond donors (Lipinski definition) is 0. The number of fused-ring (bicyclic) bond motifs is 14. The number of hydrogen-bond acceptors (Lipinski definition) is 4. The Kier molecular flexibility index (Phi) is 6.44. The van der Waals surface area contributed by atoms with Crippen LogP contribution in [0.4, 0.5) is 0 Å². The Labute approximate surface area is 319 Å². The molecule has 0 radical (unpaired) electrons. The fourth-order valence-corrected chi connectivity index (χ4v) is 9.94. The van der Waals surface area contributed by atoms with Crippen molar-refractivity contribution in [1.82, 2.24) is 24.1 Å². The number of rotatable bonds is 4. The predicted molar refractivity (Wildman–Crippen MR) is 230 cm³/mol. The standard InChI is InChI=1S/C49H29N5S/c1-4-16-30(17-5-1)47-50-48(31-18-6-2-7-19-31)52-49(51-47)54-38-26-14-11-23-34(38)44-45(54)36-28-29-39-41(42(36)43-35-24-12-15-27-40(35)55-46(43)44)33-22-10-13-25-37(33)53(39)32-20-8-3-9-21-32/h1-29H. The second-order valence-corrected chi connectivity index (χ2v) is 15.0. The molecule has 0 unspecified atom stereocenters. The summed E-state index contributed by atoms with van der Waals surface area (Å²) in [6.07, 6.45) is 0. The van der Waals surface area contributed by atoms with Crippen LogP contribution in [0.2, 0.25) is 0 Å². The van der Waals surface area contributed by atoms with E-state index >= 15 is 0 Å². The lowest BCUT2D eigenvalue weighted by atomic mass is 9.96. The molecule has 55 heavy (non-hydrogen) atoms. The average Bonchev–Trinajstić information content (AvgIpc) is 3.93. The van der Waals surface area contributed by atoms with E-state index in [0.717, 1.165) is 33.2 Å². The summed E-state index contributed by atoms with van der Waals surface area (Å²) in [4.78, 5) is 15.7. The second-order valence-electron chi connectivity index (χ2n) is 14.0. The smallest absolute Gasteiger partial charge is 0.238 e. The lowest BCUT2D eigenvalue weighted by molar-refractivity contribution is 0.955. The van der Waals surface area contributed by atoms with Crippen molar-refractivity contribution in [2.24, 2.45) is 0 Å². The highest BCUT2D eigenvalue weighted by molar-refractivity contribution is 7.27. The van der Waals surface area contributed by atoms with Crippen molar-refractivity contribution in [2.75, 3.05) is 0 Å². The SMILES string of the molecule is c1ccc(-c2nc(-c3ccccc3)nc(-n3c4ccccc4c4c5sc6ccccc6c5c5c(ccc6c5c5ccccc5n6-c5ccccc5)c43)n2)cc1. The maximum absolute atomic E-state index is 5.30. The van der Waals surface area contributed by atoms with E-state index in [2.05, 4.69) is 149 Å². The van der Waals surface area contributed by atoms with Gasteiger partial charge in [-0.3, -0.25) is 4.57 Å². The van der Waals surface area contributed by atoms with Gasteiger partial charge in [0.05, 0.1) is 22.1 Å². The Balaban J connectivity index is 1.32. The zero-order valence-electron chi connectivity index (χ0n) is 29.4. The van der Waals surface area contributed by atoms with Crippen LogP contribution >= 0.6 is 11.3 Å². The van der Waals surface area contributed by atoms with E-state index in [-0.39, 0.29) is 0 Å². The van der Waals surface area contributed by atoms with Crippen molar-refractivity contribution in [3.8, 4) is 34.4 Å². The molecular formula is C49H29N5S. The highest BCUT2D eigenvalue weighted by Crippen LogP contribution is 2.51. The summed E-state index contributed by atoms with van der Waals surface area (Å²) in [5.74, 6) is 1.86. The lowest BCUT2D eigenvalue weighted by Gasteiger charge is -2.13. The summed E-state index contributed by atoms with van der Waals surface area (Å²) in [6.45, 7) is 0. The van der Waals surface area contributed by atoms with Crippen LogP contribution < -0.4 is 0 Å². The zero-order valence-corrected chi connectivity index (χ0v) is 30.2. The highest BCUT2D eigenvalue weighted by atomic mass is 32.1. The van der Waals surface area contributed by atoms with E-state index in [1.165, 1.54) is 58.1 Å². The molecule has 0 atom stereocenters. The van der Waals surface area contributed by atoms with Gasteiger partial charge in [-0.1, -0.05) is 140 Å². The van der Waals surface area contributed by atoms with Crippen LogP contribution in [-0.4, -0.2) is 24.1 Å². The van der Waals surface area contributed by atoms with E-state index in [0.29, 0.717) is 17.6 Å². The molecule has 0 aliphatic carbocycles. The fraction of sp³-hybridized carbons (Fsp3) is 0. The van der Waals surface area contributed by atoms with Crippen LogP contribution in [0.3, 0.4) is 0 Å². The van der Waals surface area contributed by atoms with E-state index in [4.69, 9.17) is 15.0 Å². The molecular weight excluding hydrogens is 691 g/mol. The highest BCUT2D eigenvalue weighted by Gasteiger charge is 2.26. The normalized spacial score (nSPS) is 12.0. The first-order chi connectivity index (χ1) is 27.3. The van der Waals surface area contributed by atoms with Crippen molar-refractivity contribution in [3.63, 3.8) is 0 Å². The van der Waals surface area contributed by atoms with Crippen LogP contribution in [0.25, 0.3) is 109 Å². The van der Waals surface area contributed by atoms with Crippen molar-refractivity contribution in [1.29, 1.82) is 0 Å². The van der Waals surface area contributed by atoms with Gasteiger partial charge < -0.3 is 4.57 Å². The van der Waals surface area contributed by atoms with Gasteiger partial charge in [-0.15, -0.1) is 11.3 Å². The molecule has 6 heteroatoms. The van der Waals surface area contributed by atoms with Crippen LogP contribution in [0, 0.1) is 0 Å². The number of benzene rings is 8. The molecule has 12 rings (SSSR count). The third-order valence-corrected chi connectivity index (χ3v) is 12.1. The Morgan fingerprint density at radius 1 is 0.364 bits per heavy atom. The average molecular weight is 720 g/mol. The van der Waals surface area contributed by atoms with E-state index in [9.17, 15) is 0 Å². The summed E-state index contributed by atoms with van der Waals surface area (Å²) in [6, 6.07) is 62.2. The predicted octanol–water partition coefficient (Wildman–Crippen LogP) is 12.9. The molecule has 0 amide bonds. The largest absolute Gasteiger partial charge is 0.309 e. The van der Waals surface area contributed by atoms with Crippen LogP contribution in [-0.2, 0) is 0 Å². The zero-order chi connectivity index (χ0) is 36.0. The number of para-hydroxylation sites is 3. The molecule has 4 heterocycles. The Morgan fingerprint density at radius 3 is 1.58 bits per heavy atom. The molecule has 0 saturated heterocycles. The van der Waals surface area contributed by atoms with Gasteiger partial charge in [0.1, 0.15) is 0 Å². The topological polar surface area (TPSA) is 48.5 Å². The first-order valence-corrected chi connectivity index (χ1v) is 19.3. The van der Waals surface area contributed by atoms with Gasteiger partial charge in [0.25, 0.3) is 0 Å². The molecule has 4 aromatic heterocycles. The molecule has 0 bridgehead atoms. The second kappa shape index (κ2) is 11.7. The first-order valence-electron chi connectivity index (χ1n) is 18.5. The summed E-state index contributed by atoms with van der Waals surface area (Å²) < 4.78 is 7.24. The third kappa shape index (κ3) is 4.37. The molecule has 0 aliphatic heterocycles. The minimum absolute atomic E-state index is 0.590. The van der Waals surface area contributed by atoms with E-state index < -0.39 is 0 Å². The third-order valence-electron chi connectivity index (χ3n) is 10.9. The molecule has 8 aromatic carbocycles. The quantitative estimate of drug-likeness (QED) is 0.182. The van der Waals surface area contributed by atoms with Gasteiger partial charge in [0.2, 0.25) is 5.95 Å². The van der Waals surface area contributed by atoms with Gasteiger partial charge in [0.15, 0.2) is 11.6 Å². The maximum Gasteiger partial charge on any atom is 0.238 e. The monoisotopic (exact) mass is 719 g/mol.